The summed E-state index contributed by atoms with van der Waals surface area (Å²) in [5.74, 6) is 1.12. The number of halogens is 1. The molecule has 0 bridgehead atoms. The van der Waals surface area contributed by atoms with Gasteiger partial charge in [0, 0.05) is 16.2 Å². The van der Waals surface area contributed by atoms with Gasteiger partial charge in [-0.3, -0.25) is 4.79 Å². The number of rotatable bonds is 7. The van der Waals surface area contributed by atoms with E-state index in [1.807, 2.05) is 0 Å². The predicted molar refractivity (Wildman–Crippen MR) is 104 cm³/mol. The summed E-state index contributed by atoms with van der Waals surface area (Å²) in [7, 11) is 6.00. The molecule has 0 spiro atoms. The Morgan fingerprint density at radius 3 is 2.04 bits per heavy atom. The molecule has 2 aromatic carbocycles. The van der Waals surface area contributed by atoms with Crippen LogP contribution in [0.2, 0.25) is 0 Å². The molecule has 0 saturated heterocycles. The summed E-state index contributed by atoms with van der Waals surface area (Å²) in [6.45, 7) is 1.64. The van der Waals surface area contributed by atoms with Crippen molar-refractivity contribution in [2.75, 3.05) is 21.3 Å². The summed E-state index contributed by atoms with van der Waals surface area (Å²) in [5, 5.41) is 0. The van der Waals surface area contributed by atoms with Crippen LogP contribution in [0.15, 0.2) is 41.3 Å². The van der Waals surface area contributed by atoms with E-state index in [-0.39, 0.29) is 10.7 Å². The van der Waals surface area contributed by atoms with Crippen LogP contribution in [-0.4, -0.2) is 35.5 Å². The van der Waals surface area contributed by atoms with Crippen LogP contribution in [-0.2, 0) is 9.05 Å². The lowest BCUT2D eigenvalue weighted by atomic mass is 10.0. The largest absolute Gasteiger partial charge is 0.493 e. The van der Waals surface area contributed by atoms with Crippen LogP contribution in [0, 0.1) is 6.92 Å². The zero-order valence-corrected chi connectivity index (χ0v) is 16.8. The first-order valence-corrected chi connectivity index (χ1v) is 10.1. The standard InChI is InChI=1S/C19H19ClO6S/c1-12-9-14(27(20,22)23)6-7-15(12)16(21)8-5-13-10-17(24-2)19(26-4)18(11-13)25-3/h5-11H,1-4H3/b8-5+. The maximum atomic E-state index is 12.5. The molecule has 0 aromatic heterocycles. The quantitative estimate of drug-likeness (QED) is 0.392. The molecule has 2 aromatic rings. The second-order valence-corrected chi connectivity index (χ2v) is 8.14. The first-order chi connectivity index (χ1) is 12.7. The van der Waals surface area contributed by atoms with Crippen molar-refractivity contribution < 1.29 is 27.4 Å². The molecule has 0 amide bonds. The molecule has 2 rings (SSSR count). The maximum Gasteiger partial charge on any atom is 0.261 e. The molecule has 0 N–H and O–H groups in total. The third-order valence-corrected chi connectivity index (χ3v) is 5.21. The number of carbonyl (C=O) groups excluding carboxylic acids is 1. The van der Waals surface area contributed by atoms with E-state index in [0.717, 1.165) is 0 Å². The first-order valence-electron chi connectivity index (χ1n) is 7.79. The number of ketones is 1. The van der Waals surface area contributed by atoms with E-state index >= 15 is 0 Å². The lowest BCUT2D eigenvalue weighted by Crippen LogP contribution is -2.00. The monoisotopic (exact) mass is 410 g/mol. The number of aryl methyl sites for hydroxylation is 1. The Balaban J connectivity index is 2.34. The van der Waals surface area contributed by atoms with Gasteiger partial charge in [0.2, 0.25) is 5.75 Å². The van der Waals surface area contributed by atoms with Gasteiger partial charge in [-0.2, -0.15) is 0 Å². The molecule has 0 aliphatic heterocycles. The van der Waals surface area contributed by atoms with Crippen LogP contribution in [0.4, 0.5) is 0 Å². The molecule has 27 heavy (non-hydrogen) atoms. The summed E-state index contributed by atoms with van der Waals surface area (Å²) in [6, 6.07) is 7.52. The lowest BCUT2D eigenvalue weighted by Gasteiger charge is -2.12. The molecule has 0 heterocycles. The highest BCUT2D eigenvalue weighted by molar-refractivity contribution is 8.13. The summed E-state index contributed by atoms with van der Waals surface area (Å²) in [5.41, 5.74) is 1.56. The second kappa shape index (κ2) is 8.45. The van der Waals surface area contributed by atoms with Gasteiger partial charge in [-0.15, -0.1) is 0 Å². The summed E-state index contributed by atoms with van der Waals surface area (Å²) in [4.78, 5) is 12.4. The fourth-order valence-corrected chi connectivity index (χ4v) is 3.36. The van der Waals surface area contributed by atoms with E-state index in [0.29, 0.717) is 33.9 Å². The number of ether oxygens (including phenoxy) is 3. The topological polar surface area (TPSA) is 78.9 Å². The van der Waals surface area contributed by atoms with Crippen molar-refractivity contribution in [2.24, 2.45) is 0 Å². The van der Waals surface area contributed by atoms with Gasteiger partial charge in [-0.05, 0) is 54.5 Å². The highest BCUT2D eigenvalue weighted by Gasteiger charge is 2.15. The summed E-state index contributed by atoms with van der Waals surface area (Å²) in [6.07, 6.45) is 3.00. The van der Waals surface area contributed by atoms with Gasteiger partial charge in [0.05, 0.1) is 26.2 Å². The van der Waals surface area contributed by atoms with Crippen LogP contribution >= 0.6 is 10.7 Å². The Morgan fingerprint density at radius 2 is 1.59 bits per heavy atom. The number of carbonyl (C=O) groups is 1. The van der Waals surface area contributed by atoms with Crippen LogP contribution in [0.1, 0.15) is 21.5 Å². The molecule has 0 radical (unpaired) electrons. The molecular formula is C19H19ClO6S. The van der Waals surface area contributed by atoms with Gasteiger partial charge in [-0.1, -0.05) is 6.08 Å². The SMILES string of the molecule is COc1cc(/C=C/C(=O)c2ccc(S(=O)(=O)Cl)cc2C)cc(OC)c1OC. The first kappa shape index (κ1) is 20.8. The Labute approximate surface area is 162 Å². The summed E-state index contributed by atoms with van der Waals surface area (Å²) < 4.78 is 38.6. The molecule has 0 aliphatic carbocycles. The molecule has 8 heteroatoms. The zero-order chi connectivity index (χ0) is 20.2. The number of hydrogen-bond acceptors (Lipinski definition) is 6. The van der Waals surface area contributed by atoms with Crippen molar-refractivity contribution in [1.29, 1.82) is 0 Å². The fourth-order valence-electron chi connectivity index (χ4n) is 2.52. The van der Waals surface area contributed by atoms with Gasteiger partial charge >= 0.3 is 0 Å². The molecule has 144 valence electrons. The predicted octanol–water partition coefficient (Wildman–Crippen LogP) is 3.84. The summed E-state index contributed by atoms with van der Waals surface area (Å²) >= 11 is 0. The normalized spacial score (nSPS) is 11.4. The van der Waals surface area contributed by atoms with Gasteiger partial charge in [0.25, 0.3) is 9.05 Å². The van der Waals surface area contributed by atoms with Crippen LogP contribution in [0.5, 0.6) is 17.2 Å². The van der Waals surface area contributed by atoms with Gasteiger partial charge in [-0.25, -0.2) is 8.42 Å². The van der Waals surface area contributed by atoms with E-state index in [9.17, 15) is 13.2 Å². The molecule has 0 aliphatic rings. The fraction of sp³-hybridized carbons (Fsp3) is 0.211. The lowest BCUT2D eigenvalue weighted by molar-refractivity contribution is 0.104. The average Bonchev–Trinajstić information content (AvgIpc) is 2.64. The van der Waals surface area contributed by atoms with Crippen LogP contribution in [0.25, 0.3) is 6.08 Å². The van der Waals surface area contributed by atoms with Crippen LogP contribution in [0.3, 0.4) is 0 Å². The van der Waals surface area contributed by atoms with Crippen LogP contribution < -0.4 is 14.2 Å². The van der Waals surface area contributed by atoms with Crippen molar-refractivity contribution in [3.05, 3.63) is 53.1 Å². The van der Waals surface area contributed by atoms with E-state index in [4.69, 9.17) is 24.9 Å². The number of methoxy groups -OCH3 is 3. The third kappa shape index (κ3) is 4.81. The number of hydrogen-bond donors (Lipinski definition) is 0. The smallest absolute Gasteiger partial charge is 0.261 e. The molecule has 0 fully saturated rings. The van der Waals surface area contributed by atoms with Crippen molar-refractivity contribution in [3.8, 4) is 17.2 Å². The van der Waals surface area contributed by atoms with E-state index < -0.39 is 9.05 Å². The van der Waals surface area contributed by atoms with E-state index in [1.165, 1.54) is 45.6 Å². The Morgan fingerprint density at radius 1 is 1.00 bits per heavy atom. The maximum absolute atomic E-state index is 12.5. The van der Waals surface area contributed by atoms with E-state index in [2.05, 4.69) is 0 Å². The molecule has 6 nitrogen and oxygen atoms in total. The highest BCUT2D eigenvalue weighted by atomic mass is 35.7. The van der Waals surface area contributed by atoms with Crippen molar-refractivity contribution >= 4 is 31.6 Å². The van der Waals surface area contributed by atoms with E-state index in [1.54, 1.807) is 25.1 Å². The second-order valence-electron chi connectivity index (χ2n) is 5.57. The van der Waals surface area contributed by atoms with Gasteiger partial charge < -0.3 is 14.2 Å². The zero-order valence-electron chi connectivity index (χ0n) is 15.3. The minimum absolute atomic E-state index is 0.0492. The minimum Gasteiger partial charge on any atom is -0.493 e. The number of allylic oxidation sites excluding steroid dienone is 1. The third-order valence-electron chi connectivity index (χ3n) is 3.86. The molecule has 0 saturated carbocycles. The van der Waals surface area contributed by atoms with Crippen molar-refractivity contribution in [3.63, 3.8) is 0 Å². The van der Waals surface area contributed by atoms with Gasteiger partial charge in [0.15, 0.2) is 17.3 Å². The van der Waals surface area contributed by atoms with Crippen molar-refractivity contribution in [1.82, 2.24) is 0 Å². The Bertz CT molecular complexity index is 970. The molecule has 0 atom stereocenters. The average molecular weight is 411 g/mol. The minimum atomic E-state index is -3.84. The van der Waals surface area contributed by atoms with Gasteiger partial charge in [0.1, 0.15) is 0 Å². The highest BCUT2D eigenvalue weighted by Crippen LogP contribution is 2.38. The Kier molecular flexibility index (Phi) is 6.51. The molecular weight excluding hydrogens is 392 g/mol. The Hall–Kier alpha value is -2.51. The molecule has 0 unspecified atom stereocenters. The number of benzene rings is 2. The van der Waals surface area contributed by atoms with Crippen molar-refractivity contribution in [2.45, 2.75) is 11.8 Å².